The molecule has 0 amide bonds. The van der Waals surface area contributed by atoms with E-state index in [2.05, 4.69) is 29.9 Å². The number of fused-ring (bicyclic) bond motifs is 1. The first-order valence-electron chi connectivity index (χ1n) is 7.32. The molecular formula is C16H20ClN3. The fourth-order valence-corrected chi connectivity index (χ4v) is 3.05. The van der Waals surface area contributed by atoms with Gasteiger partial charge in [-0.1, -0.05) is 24.9 Å². The summed E-state index contributed by atoms with van der Waals surface area (Å²) in [6.07, 6.45) is 4.55. The average Bonchev–Trinajstić information content (AvgIpc) is 2.99. The SMILES string of the molecule is CCCCc1nn(-c2ccc(Cl)cc2C)c2c1CCN2. The van der Waals surface area contributed by atoms with Gasteiger partial charge in [0.05, 0.1) is 11.4 Å². The maximum Gasteiger partial charge on any atom is 0.133 e. The molecule has 3 nitrogen and oxygen atoms in total. The number of hydrogen-bond donors (Lipinski definition) is 1. The Kier molecular flexibility index (Phi) is 3.70. The van der Waals surface area contributed by atoms with Gasteiger partial charge in [-0.3, -0.25) is 0 Å². The molecule has 0 spiro atoms. The maximum absolute atomic E-state index is 6.05. The fourth-order valence-electron chi connectivity index (χ4n) is 2.82. The summed E-state index contributed by atoms with van der Waals surface area (Å²) in [5.74, 6) is 1.17. The monoisotopic (exact) mass is 289 g/mol. The second-order valence-electron chi connectivity index (χ2n) is 5.40. The molecular weight excluding hydrogens is 270 g/mol. The van der Waals surface area contributed by atoms with Gasteiger partial charge < -0.3 is 5.32 Å². The fraction of sp³-hybridized carbons (Fsp3) is 0.438. The van der Waals surface area contributed by atoms with Gasteiger partial charge >= 0.3 is 0 Å². The Morgan fingerprint density at radius 3 is 3.00 bits per heavy atom. The summed E-state index contributed by atoms with van der Waals surface area (Å²) < 4.78 is 2.05. The Labute approximate surface area is 124 Å². The predicted octanol–water partition coefficient (Wildman–Crippen LogP) is 4.14. The minimum Gasteiger partial charge on any atom is -0.369 e. The lowest BCUT2D eigenvalue weighted by molar-refractivity contribution is 0.743. The summed E-state index contributed by atoms with van der Waals surface area (Å²) in [6.45, 7) is 5.31. The molecule has 1 aromatic heterocycles. The van der Waals surface area contributed by atoms with Crippen LogP contribution in [-0.2, 0) is 12.8 Å². The zero-order valence-electron chi connectivity index (χ0n) is 12.0. The van der Waals surface area contributed by atoms with Crippen molar-refractivity contribution >= 4 is 17.4 Å². The van der Waals surface area contributed by atoms with Crippen LogP contribution in [0.25, 0.3) is 5.69 Å². The highest BCUT2D eigenvalue weighted by Crippen LogP contribution is 2.31. The van der Waals surface area contributed by atoms with E-state index < -0.39 is 0 Å². The molecule has 2 aromatic rings. The molecule has 106 valence electrons. The van der Waals surface area contributed by atoms with Crippen LogP contribution >= 0.6 is 11.6 Å². The number of aryl methyl sites for hydroxylation is 2. The zero-order valence-corrected chi connectivity index (χ0v) is 12.8. The number of anilines is 1. The van der Waals surface area contributed by atoms with Crippen molar-refractivity contribution in [3.05, 3.63) is 40.0 Å². The minimum atomic E-state index is 0.772. The van der Waals surface area contributed by atoms with E-state index in [9.17, 15) is 0 Å². The largest absolute Gasteiger partial charge is 0.369 e. The van der Waals surface area contributed by atoms with E-state index in [1.165, 1.54) is 29.9 Å². The van der Waals surface area contributed by atoms with Crippen LogP contribution < -0.4 is 5.32 Å². The van der Waals surface area contributed by atoms with E-state index in [1.54, 1.807) is 0 Å². The van der Waals surface area contributed by atoms with Crippen molar-refractivity contribution in [1.29, 1.82) is 0 Å². The van der Waals surface area contributed by atoms with Gasteiger partial charge in [-0.2, -0.15) is 5.10 Å². The first kappa shape index (κ1) is 13.5. The van der Waals surface area contributed by atoms with Gasteiger partial charge in [-0.15, -0.1) is 0 Å². The molecule has 1 N–H and O–H groups in total. The third-order valence-corrected chi connectivity index (χ3v) is 4.12. The first-order chi connectivity index (χ1) is 9.70. The molecule has 0 saturated carbocycles. The number of unbranched alkanes of at least 4 members (excludes halogenated alkanes) is 1. The molecule has 0 atom stereocenters. The van der Waals surface area contributed by atoms with Crippen molar-refractivity contribution in [3.8, 4) is 5.69 Å². The Hall–Kier alpha value is -1.48. The number of nitrogens with one attached hydrogen (secondary N) is 1. The summed E-state index contributed by atoms with van der Waals surface area (Å²) in [7, 11) is 0. The van der Waals surface area contributed by atoms with Gasteiger partial charge in [0.1, 0.15) is 5.82 Å². The molecule has 0 bridgehead atoms. The van der Waals surface area contributed by atoms with Crippen molar-refractivity contribution in [3.63, 3.8) is 0 Å². The van der Waals surface area contributed by atoms with Gasteiger partial charge in [-0.25, -0.2) is 4.68 Å². The molecule has 0 unspecified atom stereocenters. The molecule has 4 heteroatoms. The zero-order chi connectivity index (χ0) is 14.1. The Balaban J connectivity index is 2.05. The third kappa shape index (κ3) is 2.31. The molecule has 2 heterocycles. The van der Waals surface area contributed by atoms with Crippen molar-refractivity contribution < 1.29 is 0 Å². The van der Waals surface area contributed by atoms with Crippen LogP contribution in [0.15, 0.2) is 18.2 Å². The Morgan fingerprint density at radius 1 is 1.40 bits per heavy atom. The summed E-state index contributed by atoms with van der Waals surface area (Å²) in [5.41, 5.74) is 4.91. The van der Waals surface area contributed by atoms with Gasteiger partial charge in [0, 0.05) is 17.1 Å². The molecule has 3 rings (SSSR count). The normalized spacial score (nSPS) is 13.3. The predicted molar refractivity (Wildman–Crippen MR) is 84.1 cm³/mol. The summed E-state index contributed by atoms with van der Waals surface area (Å²) in [5, 5.41) is 9.09. The number of aromatic nitrogens is 2. The van der Waals surface area contributed by atoms with Crippen LogP contribution in [-0.4, -0.2) is 16.3 Å². The molecule has 20 heavy (non-hydrogen) atoms. The smallest absolute Gasteiger partial charge is 0.133 e. The highest BCUT2D eigenvalue weighted by Gasteiger charge is 2.23. The van der Waals surface area contributed by atoms with E-state index in [4.69, 9.17) is 16.7 Å². The van der Waals surface area contributed by atoms with Crippen molar-refractivity contribution in [1.82, 2.24) is 9.78 Å². The molecule has 0 aliphatic carbocycles. The van der Waals surface area contributed by atoms with E-state index in [0.29, 0.717) is 0 Å². The second kappa shape index (κ2) is 5.49. The average molecular weight is 290 g/mol. The summed E-state index contributed by atoms with van der Waals surface area (Å²) in [6, 6.07) is 5.97. The summed E-state index contributed by atoms with van der Waals surface area (Å²) >= 11 is 6.05. The highest BCUT2D eigenvalue weighted by molar-refractivity contribution is 6.30. The number of hydrogen-bond acceptors (Lipinski definition) is 2. The third-order valence-electron chi connectivity index (χ3n) is 3.89. The van der Waals surface area contributed by atoms with Gasteiger partial charge in [0.2, 0.25) is 0 Å². The Morgan fingerprint density at radius 2 is 2.25 bits per heavy atom. The van der Waals surface area contributed by atoms with Crippen molar-refractivity contribution in [2.45, 2.75) is 39.5 Å². The number of halogens is 1. The number of rotatable bonds is 4. The lowest BCUT2D eigenvalue weighted by Crippen LogP contribution is -2.06. The van der Waals surface area contributed by atoms with Gasteiger partial charge in [0.25, 0.3) is 0 Å². The van der Waals surface area contributed by atoms with Crippen molar-refractivity contribution in [2.75, 3.05) is 11.9 Å². The molecule has 0 saturated heterocycles. The summed E-state index contributed by atoms with van der Waals surface area (Å²) in [4.78, 5) is 0. The second-order valence-corrected chi connectivity index (χ2v) is 5.83. The van der Waals surface area contributed by atoms with Gasteiger partial charge in [0.15, 0.2) is 0 Å². The molecule has 1 aliphatic heterocycles. The number of benzene rings is 1. The van der Waals surface area contributed by atoms with Crippen LogP contribution in [0.2, 0.25) is 5.02 Å². The van der Waals surface area contributed by atoms with Crippen LogP contribution in [0.4, 0.5) is 5.82 Å². The van der Waals surface area contributed by atoms with Crippen molar-refractivity contribution in [2.24, 2.45) is 0 Å². The molecule has 0 radical (unpaired) electrons. The Bertz CT molecular complexity index is 631. The van der Waals surface area contributed by atoms with Crippen LogP contribution in [0.1, 0.15) is 36.6 Å². The van der Waals surface area contributed by atoms with E-state index >= 15 is 0 Å². The van der Waals surface area contributed by atoms with Crippen LogP contribution in [0, 0.1) is 6.92 Å². The first-order valence-corrected chi connectivity index (χ1v) is 7.69. The van der Waals surface area contributed by atoms with E-state index in [1.807, 2.05) is 12.1 Å². The topological polar surface area (TPSA) is 29.9 Å². The maximum atomic E-state index is 6.05. The lowest BCUT2D eigenvalue weighted by Gasteiger charge is -2.09. The van der Waals surface area contributed by atoms with E-state index in [0.717, 1.165) is 35.7 Å². The molecule has 0 fully saturated rings. The van der Waals surface area contributed by atoms with Crippen LogP contribution in [0.3, 0.4) is 0 Å². The van der Waals surface area contributed by atoms with E-state index in [-0.39, 0.29) is 0 Å². The minimum absolute atomic E-state index is 0.772. The molecule has 1 aliphatic rings. The van der Waals surface area contributed by atoms with Gasteiger partial charge in [-0.05, 0) is 49.9 Å². The standard InChI is InChI=1S/C16H20ClN3/c1-3-4-5-14-13-8-9-18-16(13)20(19-14)15-7-6-12(17)10-11(15)2/h6-7,10,18H,3-5,8-9H2,1-2H3. The lowest BCUT2D eigenvalue weighted by atomic mass is 10.1. The van der Waals surface area contributed by atoms with Crippen LogP contribution in [0.5, 0.6) is 0 Å². The molecule has 1 aromatic carbocycles. The number of nitrogens with zero attached hydrogens (tertiary/aromatic N) is 2. The quantitative estimate of drug-likeness (QED) is 0.916. The highest BCUT2D eigenvalue weighted by atomic mass is 35.5.